The lowest BCUT2D eigenvalue weighted by Gasteiger charge is -2.11. The van der Waals surface area contributed by atoms with Crippen LogP contribution in [0.2, 0.25) is 0 Å². The molecule has 0 spiro atoms. The van der Waals surface area contributed by atoms with E-state index in [-0.39, 0.29) is 5.97 Å². The van der Waals surface area contributed by atoms with Crippen LogP contribution in [-0.2, 0) is 14.3 Å². The molecule has 2 aliphatic rings. The minimum absolute atomic E-state index is 0.360. The summed E-state index contributed by atoms with van der Waals surface area (Å²) in [5.74, 6) is 0.273. The smallest absolute Gasteiger partial charge is 0.344 e. The van der Waals surface area contributed by atoms with E-state index in [1.165, 1.54) is 7.11 Å². The molecule has 0 fully saturated rings. The van der Waals surface area contributed by atoms with E-state index in [1.54, 1.807) is 25.3 Å². The van der Waals surface area contributed by atoms with Gasteiger partial charge in [0, 0.05) is 0 Å². The summed E-state index contributed by atoms with van der Waals surface area (Å²) in [4.78, 5) is 15.4. The van der Waals surface area contributed by atoms with Crippen LogP contribution in [-0.4, -0.2) is 31.4 Å². The van der Waals surface area contributed by atoms with Crippen molar-refractivity contribution in [2.45, 2.75) is 5.54 Å². The summed E-state index contributed by atoms with van der Waals surface area (Å²) in [6.07, 6.45) is 5.22. The molecule has 1 atom stereocenters. The Hall–Kier alpha value is -1.58. The lowest BCUT2D eigenvalue weighted by atomic mass is 9.98. The Labute approximate surface area is 75.6 Å². The van der Waals surface area contributed by atoms with Gasteiger partial charge in [-0.15, -0.1) is 0 Å². The molecule has 0 aromatic carbocycles. The summed E-state index contributed by atoms with van der Waals surface area (Å²) in [5.41, 5.74) is -0.209. The summed E-state index contributed by atoms with van der Waals surface area (Å²) in [6, 6.07) is 0. The van der Waals surface area contributed by atoms with Crippen LogP contribution in [0.25, 0.3) is 0 Å². The number of aliphatic imine (C=N–C) groups is 1. The second kappa shape index (κ2) is 2.45. The van der Waals surface area contributed by atoms with Gasteiger partial charge in [-0.1, -0.05) is 6.08 Å². The SMILES string of the molecule is COC(=O)C12C=CC=C(OC)C1=N2. The molecule has 0 radical (unpaired) electrons. The summed E-state index contributed by atoms with van der Waals surface area (Å²) in [7, 11) is 2.90. The van der Waals surface area contributed by atoms with E-state index >= 15 is 0 Å². The molecule has 2 rings (SSSR count). The Balaban J connectivity index is 2.25. The Bertz CT molecular complexity index is 354. The predicted octanol–water partition coefficient (Wildman–Crippen LogP) is 0.453. The quantitative estimate of drug-likeness (QED) is 0.578. The van der Waals surface area contributed by atoms with E-state index in [0.29, 0.717) is 11.5 Å². The highest BCUT2D eigenvalue weighted by atomic mass is 16.5. The van der Waals surface area contributed by atoms with Crippen LogP contribution in [0.15, 0.2) is 29.0 Å². The monoisotopic (exact) mass is 179 g/mol. The fraction of sp³-hybridized carbons (Fsp3) is 0.333. The molecule has 4 nitrogen and oxygen atoms in total. The number of esters is 1. The van der Waals surface area contributed by atoms with Gasteiger partial charge in [0.2, 0.25) is 5.54 Å². The van der Waals surface area contributed by atoms with Crippen molar-refractivity contribution < 1.29 is 14.3 Å². The Morgan fingerprint density at radius 1 is 1.54 bits per heavy atom. The predicted molar refractivity (Wildman–Crippen MR) is 46.4 cm³/mol. The fourth-order valence-corrected chi connectivity index (χ4v) is 1.39. The third-order valence-corrected chi connectivity index (χ3v) is 2.13. The third kappa shape index (κ3) is 0.915. The molecule has 0 saturated heterocycles. The van der Waals surface area contributed by atoms with Crippen LogP contribution >= 0.6 is 0 Å². The molecule has 1 aliphatic heterocycles. The van der Waals surface area contributed by atoms with Gasteiger partial charge in [0.15, 0.2) is 0 Å². The highest BCUT2D eigenvalue weighted by Gasteiger charge is 2.56. The van der Waals surface area contributed by atoms with E-state index in [4.69, 9.17) is 4.74 Å². The van der Waals surface area contributed by atoms with Gasteiger partial charge in [0.1, 0.15) is 11.5 Å². The van der Waals surface area contributed by atoms with Crippen LogP contribution in [0.5, 0.6) is 0 Å². The topological polar surface area (TPSA) is 47.9 Å². The number of hydrogen-bond donors (Lipinski definition) is 0. The Kier molecular flexibility index (Phi) is 1.52. The maximum Gasteiger partial charge on any atom is 0.344 e. The largest absolute Gasteiger partial charge is 0.495 e. The van der Waals surface area contributed by atoms with E-state index in [0.717, 1.165) is 0 Å². The summed E-state index contributed by atoms with van der Waals surface area (Å²) in [5, 5.41) is 0. The maximum atomic E-state index is 11.3. The maximum absolute atomic E-state index is 11.3. The Morgan fingerprint density at radius 2 is 2.31 bits per heavy atom. The molecule has 68 valence electrons. The minimum atomic E-state index is -0.866. The van der Waals surface area contributed by atoms with Crippen molar-refractivity contribution in [2.75, 3.05) is 14.2 Å². The first-order valence-electron chi connectivity index (χ1n) is 3.87. The van der Waals surface area contributed by atoms with E-state index in [2.05, 4.69) is 9.73 Å². The molecule has 1 unspecified atom stereocenters. The van der Waals surface area contributed by atoms with Crippen molar-refractivity contribution in [3.8, 4) is 0 Å². The number of carbonyl (C=O) groups excluding carboxylic acids is 1. The highest BCUT2D eigenvalue weighted by molar-refractivity contribution is 6.30. The molecule has 0 aromatic heterocycles. The highest BCUT2D eigenvalue weighted by Crippen LogP contribution is 2.38. The number of allylic oxidation sites excluding steroid dienone is 2. The Morgan fingerprint density at radius 3 is 2.92 bits per heavy atom. The first kappa shape index (κ1) is 8.04. The number of ether oxygens (including phenoxy) is 2. The average molecular weight is 179 g/mol. The second-order valence-corrected chi connectivity index (χ2v) is 2.81. The van der Waals surface area contributed by atoms with Crippen LogP contribution in [0.1, 0.15) is 0 Å². The zero-order valence-corrected chi connectivity index (χ0v) is 7.40. The number of hydrogen-bond acceptors (Lipinski definition) is 4. The number of rotatable bonds is 2. The molecule has 1 aliphatic carbocycles. The van der Waals surface area contributed by atoms with E-state index in [9.17, 15) is 4.79 Å². The molecule has 0 bridgehead atoms. The van der Waals surface area contributed by atoms with Crippen molar-refractivity contribution in [1.29, 1.82) is 0 Å². The molecule has 0 saturated carbocycles. The molecule has 0 N–H and O–H groups in total. The number of nitrogens with zero attached hydrogens (tertiary/aromatic N) is 1. The van der Waals surface area contributed by atoms with Crippen molar-refractivity contribution in [3.63, 3.8) is 0 Å². The average Bonchev–Trinajstić information content (AvgIpc) is 2.91. The fourth-order valence-electron chi connectivity index (χ4n) is 1.39. The van der Waals surface area contributed by atoms with E-state index < -0.39 is 5.54 Å². The van der Waals surface area contributed by atoms with E-state index in [1.807, 2.05) is 0 Å². The van der Waals surface area contributed by atoms with Gasteiger partial charge in [0.25, 0.3) is 0 Å². The van der Waals surface area contributed by atoms with Crippen LogP contribution in [0.4, 0.5) is 0 Å². The van der Waals surface area contributed by atoms with Crippen molar-refractivity contribution in [2.24, 2.45) is 4.99 Å². The van der Waals surface area contributed by atoms with Gasteiger partial charge in [-0.05, 0) is 12.2 Å². The molecule has 1 heterocycles. The van der Waals surface area contributed by atoms with Gasteiger partial charge in [-0.2, -0.15) is 0 Å². The van der Waals surface area contributed by atoms with Gasteiger partial charge < -0.3 is 9.47 Å². The molecule has 0 aromatic rings. The number of methoxy groups -OCH3 is 2. The van der Waals surface area contributed by atoms with Crippen molar-refractivity contribution in [3.05, 3.63) is 24.0 Å². The van der Waals surface area contributed by atoms with Crippen LogP contribution in [0.3, 0.4) is 0 Å². The van der Waals surface area contributed by atoms with Gasteiger partial charge >= 0.3 is 5.97 Å². The molecular formula is C9H9NO3. The molecule has 13 heavy (non-hydrogen) atoms. The van der Waals surface area contributed by atoms with Crippen molar-refractivity contribution >= 4 is 11.7 Å². The van der Waals surface area contributed by atoms with Crippen molar-refractivity contribution in [1.82, 2.24) is 0 Å². The first-order valence-corrected chi connectivity index (χ1v) is 3.87. The standard InChI is InChI=1S/C9H9NO3/c1-12-6-4-3-5-9(7(6)10-9)8(11)13-2/h3-5H,1-2H3. The molecule has 0 amide bonds. The second-order valence-electron chi connectivity index (χ2n) is 2.81. The van der Waals surface area contributed by atoms with Crippen LogP contribution < -0.4 is 0 Å². The first-order chi connectivity index (χ1) is 6.24. The lowest BCUT2D eigenvalue weighted by Crippen LogP contribution is -2.31. The van der Waals surface area contributed by atoms with Gasteiger partial charge in [-0.25, -0.2) is 4.79 Å². The zero-order chi connectivity index (χ0) is 9.47. The lowest BCUT2D eigenvalue weighted by molar-refractivity contribution is -0.141. The minimum Gasteiger partial charge on any atom is -0.495 e. The van der Waals surface area contributed by atoms with Gasteiger partial charge in [0.05, 0.1) is 14.2 Å². The molecular weight excluding hydrogens is 170 g/mol. The van der Waals surface area contributed by atoms with Crippen LogP contribution in [0, 0.1) is 0 Å². The third-order valence-electron chi connectivity index (χ3n) is 2.13. The summed E-state index contributed by atoms with van der Waals surface area (Å²) < 4.78 is 9.68. The van der Waals surface area contributed by atoms with Gasteiger partial charge in [-0.3, -0.25) is 4.99 Å². The summed E-state index contributed by atoms with van der Waals surface area (Å²) in [6.45, 7) is 0. The summed E-state index contributed by atoms with van der Waals surface area (Å²) >= 11 is 0. The molecule has 4 heteroatoms. The number of fused-ring (bicyclic) bond motifs is 1. The zero-order valence-electron chi connectivity index (χ0n) is 7.40. The normalized spacial score (nSPS) is 28.5. The number of carbonyl (C=O) groups is 1.